The predicted molar refractivity (Wildman–Crippen MR) is 59.4 cm³/mol. The molecule has 0 radical (unpaired) electrons. The van der Waals surface area contributed by atoms with Gasteiger partial charge in [0, 0.05) is 30.7 Å². The Balaban J connectivity index is 1.95. The van der Waals surface area contributed by atoms with Crippen LogP contribution in [0.1, 0.15) is 11.3 Å². The lowest BCUT2D eigenvalue weighted by Gasteiger charge is -2.16. The molecule has 0 spiro atoms. The zero-order valence-electron chi connectivity index (χ0n) is 8.40. The van der Waals surface area contributed by atoms with E-state index in [1.54, 1.807) is 6.20 Å². The fourth-order valence-corrected chi connectivity index (χ4v) is 2.35. The lowest BCUT2D eigenvalue weighted by Crippen LogP contribution is -2.32. The summed E-state index contributed by atoms with van der Waals surface area (Å²) in [5.41, 5.74) is 5.55. The van der Waals surface area contributed by atoms with Crippen LogP contribution < -0.4 is 11.1 Å². The van der Waals surface area contributed by atoms with E-state index >= 15 is 0 Å². The molecular formula is C9H14N4OS. The number of hydrogen-bond donors (Lipinski definition) is 2. The Morgan fingerprint density at radius 1 is 1.67 bits per heavy atom. The van der Waals surface area contributed by atoms with Gasteiger partial charge in [-0.05, 0) is 6.42 Å². The van der Waals surface area contributed by atoms with E-state index in [4.69, 9.17) is 5.73 Å². The van der Waals surface area contributed by atoms with Gasteiger partial charge in [0.05, 0.1) is 6.54 Å². The zero-order chi connectivity index (χ0) is 10.7. The Morgan fingerprint density at radius 3 is 3.27 bits per heavy atom. The van der Waals surface area contributed by atoms with Gasteiger partial charge in [-0.25, -0.2) is 4.98 Å². The number of anilines is 1. The third kappa shape index (κ3) is 2.90. The molecule has 6 heteroatoms. The Labute approximate surface area is 92.3 Å². The molecule has 0 atom stereocenters. The predicted octanol–water partition coefficient (Wildman–Crippen LogP) is 0.0472. The van der Waals surface area contributed by atoms with Crippen molar-refractivity contribution in [2.45, 2.75) is 13.0 Å². The third-order valence-corrected chi connectivity index (χ3v) is 3.10. The quantitative estimate of drug-likeness (QED) is 0.747. The van der Waals surface area contributed by atoms with Gasteiger partial charge in [-0.15, -0.1) is 11.3 Å². The van der Waals surface area contributed by atoms with Gasteiger partial charge in [0.25, 0.3) is 0 Å². The molecule has 0 bridgehead atoms. The summed E-state index contributed by atoms with van der Waals surface area (Å²) < 4.78 is 0. The molecule has 0 aromatic carbocycles. The molecule has 1 saturated heterocycles. The maximum atomic E-state index is 11.3. The van der Waals surface area contributed by atoms with E-state index in [-0.39, 0.29) is 5.91 Å². The van der Waals surface area contributed by atoms with Crippen LogP contribution in [-0.2, 0) is 11.3 Å². The number of nitrogens with two attached hydrogens (primary N) is 1. The minimum Gasteiger partial charge on any atom is -0.375 e. The maximum Gasteiger partial charge on any atom is 0.234 e. The van der Waals surface area contributed by atoms with Gasteiger partial charge in [0.1, 0.15) is 0 Å². The molecule has 2 heterocycles. The van der Waals surface area contributed by atoms with Crippen LogP contribution in [-0.4, -0.2) is 35.4 Å². The van der Waals surface area contributed by atoms with Crippen LogP contribution in [0, 0.1) is 0 Å². The Morgan fingerprint density at radius 2 is 2.53 bits per heavy atom. The maximum absolute atomic E-state index is 11.3. The van der Waals surface area contributed by atoms with Gasteiger partial charge >= 0.3 is 0 Å². The van der Waals surface area contributed by atoms with Crippen molar-refractivity contribution >= 4 is 22.4 Å². The normalized spacial score (nSPS) is 18.5. The molecule has 2 rings (SSSR count). The molecule has 0 saturated carbocycles. The summed E-state index contributed by atoms with van der Waals surface area (Å²) in [4.78, 5) is 18.5. The van der Waals surface area contributed by atoms with Gasteiger partial charge in [0.15, 0.2) is 5.13 Å². The van der Waals surface area contributed by atoms with E-state index in [1.165, 1.54) is 11.3 Å². The first-order chi connectivity index (χ1) is 7.24. The van der Waals surface area contributed by atoms with Gasteiger partial charge in [-0.1, -0.05) is 0 Å². The van der Waals surface area contributed by atoms with Crippen LogP contribution >= 0.6 is 11.3 Å². The fourth-order valence-electron chi connectivity index (χ4n) is 1.62. The molecule has 1 aliphatic rings. The highest BCUT2D eigenvalue weighted by molar-refractivity contribution is 7.15. The second-order valence-corrected chi connectivity index (χ2v) is 4.73. The fraction of sp³-hybridized carbons (Fsp3) is 0.556. The van der Waals surface area contributed by atoms with Crippen molar-refractivity contribution in [2.75, 3.05) is 25.4 Å². The number of rotatable bonds is 2. The first-order valence-corrected chi connectivity index (χ1v) is 5.75. The Kier molecular flexibility index (Phi) is 3.17. The number of aromatic nitrogens is 1. The van der Waals surface area contributed by atoms with Crippen molar-refractivity contribution in [3.05, 3.63) is 11.1 Å². The Hall–Kier alpha value is -1.14. The summed E-state index contributed by atoms with van der Waals surface area (Å²) in [6.07, 6.45) is 2.78. The monoisotopic (exact) mass is 226 g/mol. The van der Waals surface area contributed by atoms with Crippen molar-refractivity contribution < 1.29 is 4.79 Å². The highest BCUT2D eigenvalue weighted by Gasteiger charge is 2.15. The van der Waals surface area contributed by atoms with Gasteiger partial charge < -0.3 is 11.1 Å². The molecular weight excluding hydrogens is 212 g/mol. The lowest BCUT2D eigenvalue weighted by atomic mass is 10.4. The van der Waals surface area contributed by atoms with Crippen LogP contribution in [0.3, 0.4) is 0 Å². The van der Waals surface area contributed by atoms with Gasteiger partial charge in [-0.2, -0.15) is 0 Å². The number of amides is 1. The molecule has 1 aromatic rings. The molecule has 0 unspecified atom stereocenters. The van der Waals surface area contributed by atoms with Crippen molar-refractivity contribution in [3.63, 3.8) is 0 Å². The number of nitrogens with one attached hydrogen (secondary N) is 1. The van der Waals surface area contributed by atoms with Crippen LogP contribution in [0.5, 0.6) is 0 Å². The topological polar surface area (TPSA) is 71.2 Å². The first-order valence-electron chi connectivity index (χ1n) is 4.93. The standard InChI is InChI=1S/C9H14N4OS/c10-9-12-4-7(15-9)5-13-3-1-2-11-8(14)6-13/h4H,1-3,5-6H2,(H2,10,12)(H,11,14). The van der Waals surface area contributed by atoms with E-state index in [0.29, 0.717) is 11.7 Å². The van der Waals surface area contributed by atoms with Gasteiger partial charge in [0.2, 0.25) is 5.91 Å². The number of hydrogen-bond acceptors (Lipinski definition) is 5. The molecule has 0 aliphatic carbocycles. The van der Waals surface area contributed by atoms with Crippen molar-refractivity contribution in [3.8, 4) is 0 Å². The SMILES string of the molecule is Nc1ncc(CN2CCCNC(=O)C2)s1. The second-order valence-electron chi connectivity index (χ2n) is 3.58. The molecule has 82 valence electrons. The van der Waals surface area contributed by atoms with Crippen LogP contribution in [0.25, 0.3) is 0 Å². The van der Waals surface area contributed by atoms with E-state index < -0.39 is 0 Å². The molecule has 1 aliphatic heterocycles. The molecule has 1 aromatic heterocycles. The summed E-state index contributed by atoms with van der Waals surface area (Å²) in [5.74, 6) is 0.102. The van der Waals surface area contributed by atoms with E-state index in [1.807, 2.05) is 0 Å². The Bertz CT molecular complexity index is 352. The van der Waals surface area contributed by atoms with E-state index in [0.717, 1.165) is 30.9 Å². The molecule has 1 fully saturated rings. The van der Waals surface area contributed by atoms with Crippen LogP contribution in [0.4, 0.5) is 5.13 Å². The molecule has 1 amide bonds. The average molecular weight is 226 g/mol. The highest BCUT2D eigenvalue weighted by atomic mass is 32.1. The minimum absolute atomic E-state index is 0.102. The highest BCUT2D eigenvalue weighted by Crippen LogP contribution is 2.16. The smallest absolute Gasteiger partial charge is 0.234 e. The lowest BCUT2D eigenvalue weighted by molar-refractivity contribution is -0.121. The van der Waals surface area contributed by atoms with Crippen LogP contribution in [0.2, 0.25) is 0 Å². The molecule has 3 N–H and O–H groups in total. The third-order valence-electron chi connectivity index (χ3n) is 2.29. The average Bonchev–Trinajstić information content (AvgIpc) is 2.46. The van der Waals surface area contributed by atoms with Crippen LogP contribution in [0.15, 0.2) is 6.20 Å². The summed E-state index contributed by atoms with van der Waals surface area (Å²) >= 11 is 1.48. The number of carbonyl (C=O) groups is 1. The zero-order valence-corrected chi connectivity index (χ0v) is 9.22. The molecule has 15 heavy (non-hydrogen) atoms. The minimum atomic E-state index is 0.102. The van der Waals surface area contributed by atoms with Crippen molar-refractivity contribution in [1.82, 2.24) is 15.2 Å². The van der Waals surface area contributed by atoms with Gasteiger partial charge in [-0.3, -0.25) is 9.69 Å². The van der Waals surface area contributed by atoms with Crippen molar-refractivity contribution in [2.24, 2.45) is 0 Å². The van der Waals surface area contributed by atoms with E-state index in [2.05, 4.69) is 15.2 Å². The number of thiazole rings is 1. The number of carbonyl (C=O) groups excluding carboxylic acids is 1. The summed E-state index contributed by atoms with van der Waals surface area (Å²) in [5, 5.41) is 3.44. The summed E-state index contributed by atoms with van der Waals surface area (Å²) in [6, 6.07) is 0. The second kappa shape index (κ2) is 4.59. The first kappa shape index (κ1) is 10.4. The summed E-state index contributed by atoms with van der Waals surface area (Å²) in [7, 11) is 0. The summed E-state index contributed by atoms with van der Waals surface area (Å²) in [6.45, 7) is 2.96. The van der Waals surface area contributed by atoms with E-state index in [9.17, 15) is 4.79 Å². The number of nitrogens with zero attached hydrogens (tertiary/aromatic N) is 2. The van der Waals surface area contributed by atoms with Crippen molar-refractivity contribution in [1.29, 1.82) is 0 Å². The number of nitrogen functional groups attached to an aromatic ring is 1. The molecule has 5 nitrogen and oxygen atoms in total. The largest absolute Gasteiger partial charge is 0.375 e.